The topological polar surface area (TPSA) is 24.9 Å². The number of aromatic nitrogens is 1. The van der Waals surface area contributed by atoms with Crippen molar-refractivity contribution in [2.24, 2.45) is 0 Å². The molecule has 0 bridgehead atoms. The summed E-state index contributed by atoms with van der Waals surface area (Å²) in [5.41, 5.74) is 5.04. The van der Waals surface area contributed by atoms with Gasteiger partial charge in [-0.1, -0.05) is 22.9 Å². The Morgan fingerprint density at radius 3 is 2.52 bits per heavy atom. The maximum absolute atomic E-state index is 4.87. The van der Waals surface area contributed by atoms with E-state index in [4.69, 9.17) is 4.98 Å². The normalized spacial score (nSPS) is 14.7. The zero-order chi connectivity index (χ0) is 15.0. The molecule has 2 nitrogen and oxygen atoms in total. The van der Waals surface area contributed by atoms with Gasteiger partial charge in [-0.15, -0.1) is 11.3 Å². The van der Waals surface area contributed by atoms with Crippen LogP contribution in [-0.4, -0.2) is 11.0 Å². The highest BCUT2D eigenvalue weighted by atomic mass is 79.9. The van der Waals surface area contributed by atoms with Crippen LogP contribution in [0.4, 0.5) is 0 Å². The fourth-order valence-electron chi connectivity index (χ4n) is 2.52. The molecular formula is C17H21BrN2S. The number of thiazole rings is 1. The SMILES string of the molecule is CCc1nc(-c2cc(C)c(Br)c(C)c2)sc1CNC1CC1. The molecule has 0 atom stereocenters. The average Bonchev–Trinajstić information content (AvgIpc) is 3.20. The lowest BCUT2D eigenvalue weighted by Gasteiger charge is -2.05. The fourth-order valence-corrected chi connectivity index (χ4v) is 3.83. The quantitative estimate of drug-likeness (QED) is 0.806. The molecule has 1 aliphatic carbocycles. The van der Waals surface area contributed by atoms with E-state index >= 15 is 0 Å². The Morgan fingerprint density at radius 2 is 1.95 bits per heavy atom. The van der Waals surface area contributed by atoms with Gasteiger partial charge >= 0.3 is 0 Å². The second-order valence-electron chi connectivity index (χ2n) is 5.82. The van der Waals surface area contributed by atoms with Crippen LogP contribution in [0.3, 0.4) is 0 Å². The largest absolute Gasteiger partial charge is 0.309 e. The minimum Gasteiger partial charge on any atom is -0.309 e. The molecule has 2 aromatic rings. The van der Waals surface area contributed by atoms with Gasteiger partial charge in [-0.05, 0) is 56.4 Å². The lowest BCUT2D eigenvalue weighted by Crippen LogP contribution is -2.15. The molecule has 21 heavy (non-hydrogen) atoms. The Bertz CT molecular complexity index is 636. The second-order valence-corrected chi connectivity index (χ2v) is 7.70. The molecule has 4 heteroatoms. The summed E-state index contributed by atoms with van der Waals surface area (Å²) in [7, 11) is 0. The highest BCUT2D eigenvalue weighted by Gasteiger charge is 2.21. The van der Waals surface area contributed by atoms with Gasteiger partial charge in [0.15, 0.2) is 0 Å². The predicted molar refractivity (Wildman–Crippen MR) is 94.0 cm³/mol. The summed E-state index contributed by atoms with van der Waals surface area (Å²) in [6.45, 7) is 7.45. The van der Waals surface area contributed by atoms with Crippen molar-refractivity contribution in [2.45, 2.75) is 52.6 Å². The van der Waals surface area contributed by atoms with E-state index < -0.39 is 0 Å². The van der Waals surface area contributed by atoms with Gasteiger partial charge in [0.05, 0.1) is 5.69 Å². The molecule has 1 heterocycles. The van der Waals surface area contributed by atoms with Crippen LogP contribution in [0.1, 0.15) is 41.5 Å². The molecule has 0 aliphatic heterocycles. The maximum Gasteiger partial charge on any atom is 0.123 e. The third kappa shape index (κ3) is 3.38. The predicted octanol–water partition coefficient (Wildman–Crippen LogP) is 5.00. The monoisotopic (exact) mass is 364 g/mol. The van der Waals surface area contributed by atoms with Crippen LogP contribution in [0, 0.1) is 13.8 Å². The van der Waals surface area contributed by atoms with Crippen molar-refractivity contribution in [3.63, 3.8) is 0 Å². The summed E-state index contributed by atoms with van der Waals surface area (Å²) in [6.07, 6.45) is 3.67. The molecule has 1 aromatic carbocycles. The number of rotatable bonds is 5. The van der Waals surface area contributed by atoms with Gasteiger partial charge in [0.2, 0.25) is 0 Å². The van der Waals surface area contributed by atoms with Crippen molar-refractivity contribution in [1.29, 1.82) is 0 Å². The van der Waals surface area contributed by atoms with E-state index in [1.807, 2.05) is 11.3 Å². The first-order valence-corrected chi connectivity index (χ1v) is 9.18. The van der Waals surface area contributed by atoms with Crippen molar-refractivity contribution in [3.05, 3.63) is 38.3 Å². The van der Waals surface area contributed by atoms with E-state index in [2.05, 4.69) is 54.2 Å². The summed E-state index contributed by atoms with van der Waals surface area (Å²) in [4.78, 5) is 6.27. The molecule has 0 unspecified atom stereocenters. The zero-order valence-electron chi connectivity index (χ0n) is 12.8. The van der Waals surface area contributed by atoms with Gasteiger partial charge in [0.1, 0.15) is 5.01 Å². The van der Waals surface area contributed by atoms with Gasteiger partial charge in [-0.3, -0.25) is 0 Å². The molecule has 1 aromatic heterocycles. The highest BCUT2D eigenvalue weighted by Crippen LogP contribution is 2.33. The van der Waals surface area contributed by atoms with E-state index in [0.29, 0.717) is 0 Å². The number of benzene rings is 1. The van der Waals surface area contributed by atoms with Crippen molar-refractivity contribution in [3.8, 4) is 10.6 Å². The standard InChI is InChI=1S/C17H21BrN2S/c1-4-14-15(9-19-13-5-6-13)21-17(20-14)12-7-10(2)16(18)11(3)8-12/h7-8,13,19H,4-6,9H2,1-3H3. The van der Waals surface area contributed by atoms with E-state index in [1.54, 1.807) is 0 Å². The minimum atomic E-state index is 0.748. The third-order valence-corrected chi connectivity index (χ3v) is 6.32. The Hall–Kier alpha value is -0.710. The summed E-state index contributed by atoms with van der Waals surface area (Å²) in [5, 5.41) is 4.76. The molecule has 0 amide bonds. The van der Waals surface area contributed by atoms with Gasteiger partial charge in [-0.2, -0.15) is 0 Å². The second kappa shape index (κ2) is 6.19. The lowest BCUT2D eigenvalue weighted by atomic mass is 10.1. The van der Waals surface area contributed by atoms with Crippen LogP contribution in [0.2, 0.25) is 0 Å². The van der Waals surface area contributed by atoms with Crippen LogP contribution < -0.4 is 5.32 Å². The molecule has 0 spiro atoms. The van der Waals surface area contributed by atoms with Gasteiger partial charge in [0.25, 0.3) is 0 Å². The summed E-state index contributed by atoms with van der Waals surface area (Å²) in [6, 6.07) is 5.21. The Balaban J connectivity index is 1.90. The molecular weight excluding hydrogens is 344 g/mol. The van der Waals surface area contributed by atoms with Gasteiger partial charge in [0, 0.05) is 27.5 Å². The van der Waals surface area contributed by atoms with Gasteiger partial charge < -0.3 is 5.32 Å². The molecule has 0 saturated heterocycles. The molecule has 1 fully saturated rings. The number of nitrogens with zero attached hydrogens (tertiary/aromatic N) is 1. The first-order valence-electron chi connectivity index (χ1n) is 7.57. The molecule has 3 rings (SSSR count). The highest BCUT2D eigenvalue weighted by molar-refractivity contribution is 9.10. The Labute approximate surface area is 139 Å². The lowest BCUT2D eigenvalue weighted by molar-refractivity contribution is 0.689. The number of aryl methyl sites for hydroxylation is 3. The number of halogens is 1. The fraction of sp³-hybridized carbons (Fsp3) is 0.471. The summed E-state index contributed by atoms with van der Waals surface area (Å²) >= 11 is 5.48. The van der Waals surface area contributed by atoms with Crippen molar-refractivity contribution >= 4 is 27.3 Å². The zero-order valence-corrected chi connectivity index (χ0v) is 15.2. The smallest absolute Gasteiger partial charge is 0.123 e. The van der Waals surface area contributed by atoms with E-state index in [0.717, 1.165) is 24.0 Å². The first-order chi connectivity index (χ1) is 10.1. The summed E-state index contributed by atoms with van der Waals surface area (Å²) in [5.74, 6) is 0. The van der Waals surface area contributed by atoms with Crippen LogP contribution in [-0.2, 0) is 13.0 Å². The van der Waals surface area contributed by atoms with Crippen molar-refractivity contribution in [2.75, 3.05) is 0 Å². The van der Waals surface area contributed by atoms with Crippen LogP contribution in [0.15, 0.2) is 16.6 Å². The number of hydrogen-bond acceptors (Lipinski definition) is 3. The first kappa shape index (κ1) is 15.2. The number of hydrogen-bond donors (Lipinski definition) is 1. The summed E-state index contributed by atoms with van der Waals surface area (Å²) < 4.78 is 1.20. The molecule has 0 radical (unpaired) electrons. The van der Waals surface area contributed by atoms with Crippen LogP contribution in [0.25, 0.3) is 10.6 Å². The molecule has 1 aliphatic rings. The van der Waals surface area contributed by atoms with Crippen LogP contribution >= 0.6 is 27.3 Å². The van der Waals surface area contributed by atoms with Crippen LogP contribution in [0.5, 0.6) is 0 Å². The number of nitrogens with one attached hydrogen (secondary N) is 1. The van der Waals surface area contributed by atoms with Crippen molar-refractivity contribution < 1.29 is 0 Å². The molecule has 1 N–H and O–H groups in total. The Kier molecular flexibility index (Phi) is 4.48. The van der Waals surface area contributed by atoms with E-state index in [-0.39, 0.29) is 0 Å². The van der Waals surface area contributed by atoms with Crippen molar-refractivity contribution in [1.82, 2.24) is 10.3 Å². The minimum absolute atomic E-state index is 0.748. The molecule has 112 valence electrons. The average molecular weight is 365 g/mol. The Morgan fingerprint density at radius 1 is 1.29 bits per heavy atom. The van der Waals surface area contributed by atoms with E-state index in [9.17, 15) is 0 Å². The third-order valence-electron chi connectivity index (χ3n) is 3.93. The van der Waals surface area contributed by atoms with E-state index in [1.165, 1.54) is 44.6 Å². The maximum atomic E-state index is 4.87. The van der Waals surface area contributed by atoms with Gasteiger partial charge in [-0.25, -0.2) is 4.98 Å². The molecule has 1 saturated carbocycles.